The lowest BCUT2D eigenvalue weighted by molar-refractivity contribution is -0.149. The molecule has 1 amide bonds. The van der Waals surface area contributed by atoms with Crippen LogP contribution >= 0.6 is 11.3 Å². The molecule has 2 aromatic heterocycles. The first-order valence-corrected chi connectivity index (χ1v) is 10.9. The minimum atomic E-state index is -0.771. The van der Waals surface area contributed by atoms with E-state index in [0.29, 0.717) is 12.1 Å². The third-order valence-corrected chi connectivity index (χ3v) is 5.91. The minimum absolute atomic E-state index is 0.0607. The summed E-state index contributed by atoms with van der Waals surface area (Å²) in [6.07, 6.45) is 2.20. The molecule has 2 heterocycles. The van der Waals surface area contributed by atoms with Gasteiger partial charge in [-0.3, -0.25) is 4.79 Å². The molecule has 0 saturated carbocycles. The molecule has 2 aromatic carbocycles. The second kappa shape index (κ2) is 9.14. The maximum absolute atomic E-state index is 12.8. The maximum atomic E-state index is 12.8. The van der Waals surface area contributed by atoms with Crippen LogP contribution in [0.15, 0.2) is 60.1 Å². The Bertz CT molecular complexity index is 1210. The van der Waals surface area contributed by atoms with Crippen molar-refractivity contribution in [3.05, 3.63) is 76.9 Å². The number of rotatable bonds is 7. The van der Waals surface area contributed by atoms with Crippen molar-refractivity contribution in [1.29, 1.82) is 0 Å². The summed E-state index contributed by atoms with van der Waals surface area (Å²) in [5, 5.41) is 6.49. The van der Waals surface area contributed by atoms with Crippen LogP contribution in [0.2, 0.25) is 0 Å². The lowest BCUT2D eigenvalue weighted by atomic mass is 10.0. The van der Waals surface area contributed by atoms with Gasteiger partial charge in [0.1, 0.15) is 17.7 Å². The monoisotopic (exact) mass is 433 g/mol. The number of amides is 1. The number of benzene rings is 2. The van der Waals surface area contributed by atoms with Gasteiger partial charge in [-0.2, -0.15) is 0 Å². The number of ether oxygens (including phenoxy) is 1. The highest BCUT2D eigenvalue weighted by molar-refractivity contribution is 7.13. The number of thiazole rings is 1. The molecule has 158 valence electrons. The number of aryl methyl sites for hydroxylation is 1. The predicted molar refractivity (Wildman–Crippen MR) is 122 cm³/mol. The zero-order valence-electron chi connectivity index (χ0n) is 17.3. The summed E-state index contributed by atoms with van der Waals surface area (Å²) in [7, 11) is 0. The number of hydrogen-bond acceptors (Lipinski definition) is 5. The van der Waals surface area contributed by atoms with E-state index in [0.717, 1.165) is 27.0 Å². The van der Waals surface area contributed by atoms with Crippen LogP contribution in [0.5, 0.6) is 0 Å². The van der Waals surface area contributed by atoms with Crippen LogP contribution < -0.4 is 5.32 Å². The van der Waals surface area contributed by atoms with Gasteiger partial charge in [-0.15, -0.1) is 11.3 Å². The van der Waals surface area contributed by atoms with E-state index in [-0.39, 0.29) is 12.5 Å². The fourth-order valence-corrected chi connectivity index (χ4v) is 4.22. The molecule has 0 aliphatic carbocycles. The Morgan fingerprint density at radius 1 is 1.16 bits per heavy atom. The quantitative estimate of drug-likeness (QED) is 0.424. The van der Waals surface area contributed by atoms with Gasteiger partial charge < -0.3 is 15.0 Å². The van der Waals surface area contributed by atoms with E-state index in [1.807, 2.05) is 67.0 Å². The first kappa shape index (κ1) is 20.8. The van der Waals surface area contributed by atoms with Gasteiger partial charge in [-0.05, 0) is 18.6 Å². The molecule has 0 aliphatic heterocycles. The van der Waals surface area contributed by atoms with Gasteiger partial charge in [-0.1, -0.05) is 48.0 Å². The molecule has 0 bridgehead atoms. The van der Waals surface area contributed by atoms with Crippen LogP contribution in [0, 0.1) is 6.92 Å². The van der Waals surface area contributed by atoms with Crippen LogP contribution in [0.3, 0.4) is 0 Å². The standard InChI is InChI=1S/C24H23N3O3S/c1-15-7-9-17(10-8-15)23-27-19(14-31-23)13-30-24(29)22(26-16(2)28)11-18-12-25-21-6-4-3-5-20(18)21/h3-10,12,14,22,25H,11,13H2,1-2H3,(H,26,28). The van der Waals surface area contributed by atoms with Crippen LogP contribution in [0.1, 0.15) is 23.7 Å². The van der Waals surface area contributed by atoms with Crippen molar-refractivity contribution >= 4 is 34.1 Å². The van der Waals surface area contributed by atoms with Crippen LogP contribution in [0.25, 0.3) is 21.5 Å². The van der Waals surface area contributed by atoms with Crippen molar-refractivity contribution in [1.82, 2.24) is 15.3 Å². The second-order valence-corrected chi connectivity index (χ2v) is 8.29. The van der Waals surface area contributed by atoms with Crippen molar-refractivity contribution < 1.29 is 14.3 Å². The molecule has 0 aliphatic rings. The molecule has 6 nitrogen and oxygen atoms in total. The summed E-state index contributed by atoms with van der Waals surface area (Å²) in [5.74, 6) is -0.762. The molecule has 1 atom stereocenters. The highest BCUT2D eigenvalue weighted by atomic mass is 32.1. The Balaban J connectivity index is 1.43. The Morgan fingerprint density at radius 2 is 1.94 bits per heavy atom. The number of aromatic amines is 1. The molecule has 0 spiro atoms. The third kappa shape index (κ3) is 5.00. The van der Waals surface area contributed by atoms with E-state index < -0.39 is 12.0 Å². The minimum Gasteiger partial charge on any atom is -0.458 e. The van der Waals surface area contributed by atoms with Crippen molar-refractivity contribution in [3.63, 3.8) is 0 Å². The lowest BCUT2D eigenvalue weighted by Crippen LogP contribution is -2.42. The number of aromatic nitrogens is 2. The van der Waals surface area contributed by atoms with Crippen molar-refractivity contribution in [3.8, 4) is 10.6 Å². The molecule has 0 radical (unpaired) electrons. The van der Waals surface area contributed by atoms with Gasteiger partial charge in [-0.25, -0.2) is 9.78 Å². The van der Waals surface area contributed by atoms with Gasteiger partial charge in [0.2, 0.25) is 5.91 Å². The molecular formula is C24H23N3O3S. The number of nitrogens with one attached hydrogen (secondary N) is 2. The first-order chi connectivity index (χ1) is 15.0. The number of hydrogen-bond donors (Lipinski definition) is 2. The van der Waals surface area contributed by atoms with Gasteiger partial charge in [0.15, 0.2) is 0 Å². The van der Waals surface area contributed by atoms with E-state index in [1.54, 1.807) is 0 Å². The lowest BCUT2D eigenvalue weighted by Gasteiger charge is -2.16. The largest absolute Gasteiger partial charge is 0.458 e. The number of fused-ring (bicyclic) bond motifs is 1. The summed E-state index contributed by atoms with van der Waals surface area (Å²) in [5.41, 5.74) is 4.83. The van der Waals surface area contributed by atoms with E-state index in [4.69, 9.17) is 4.74 Å². The molecular weight excluding hydrogens is 410 g/mol. The summed E-state index contributed by atoms with van der Waals surface area (Å²) in [6.45, 7) is 3.49. The summed E-state index contributed by atoms with van der Waals surface area (Å²) >= 11 is 1.51. The number of carbonyl (C=O) groups is 2. The fraction of sp³-hybridized carbons (Fsp3) is 0.208. The molecule has 1 unspecified atom stereocenters. The first-order valence-electron chi connectivity index (χ1n) is 10.00. The van der Waals surface area contributed by atoms with Crippen molar-refractivity contribution in [2.24, 2.45) is 0 Å². The molecule has 31 heavy (non-hydrogen) atoms. The number of nitrogens with zero attached hydrogens (tertiary/aromatic N) is 1. The summed E-state index contributed by atoms with van der Waals surface area (Å²) in [4.78, 5) is 32.2. The normalized spacial score (nSPS) is 11.9. The molecule has 2 N–H and O–H groups in total. The third-order valence-electron chi connectivity index (χ3n) is 4.97. The Labute approximate surface area is 184 Å². The maximum Gasteiger partial charge on any atom is 0.329 e. The van der Waals surface area contributed by atoms with E-state index in [1.165, 1.54) is 23.8 Å². The van der Waals surface area contributed by atoms with Crippen LogP contribution in [0.4, 0.5) is 0 Å². The Kier molecular flexibility index (Phi) is 6.13. The Morgan fingerprint density at radius 3 is 2.71 bits per heavy atom. The summed E-state index contributed by atoms with van der Waals surface area (Å²) in [6, 6.07) is 15.2. The van der Waals surface area contributed by atoms with Gasteiger partial charge in [0.25, 0.3) is 0 Å². The highest BCUT2D eigenvalue weighted by Gasteiger charge is 2.23. The molecule has 4 aromatic rings. The van der Waals surface area contributed by atoms with Crippen LogP contribution in [-0.2, 0) is 27.4 Å². The number of esters is 1. The molecule has 0 saturated heterocycles. The second-order valence-electron chi connectivity index (χ2n) is 7.43. The smallest absolute Gasteiger partial charge is 0.329 e. The number of para-hydroxylation sites is 1. The zero-order valence-corrected chi connectivity index (χ0v) is 18.2. The predicted octanol–water partition coefficient (Wildman–Crippen LogP) is 4.39. The highest BCUT2D eigenvalue weighted by Crippen LogP contribution is 2.24. The molecule has 4 rings (SSSR count). The number of H-pyrrole nitrogens is 1. The van der Waals surface area contributed by atoms with E-state index in [9.17, 15) is 9.59 Å². The summed E-state index contributed by atoms with van der Waals surface area (Å²) < 4.78 is 5.50. The van der Waals surface area contributed by atoms with Gasteiger partial charge >= 0.3 is 5.97 Å². The average Bonchev–Trinajstić information content (AvgIpc) is 3.39. The molecule has 0 fully saturated rings. The Hall–Kier alpha value is -3.45. The van der Waals surface area contributed by atoms with Crippen LogP contribution in [-0.4, -0.2) is 27.9 Å². The van der Waals surface area contributed by atoms with Crippen molar-refractivity contribution in [2.75, 3.05) is 0 Å². The zero-order chi connectivity index (χ0) is 21.8. The average molecular weight is 434 g/mol. The van der Waals surface area contributed by atoms with E-state index in [2.05, 4.69) is 15.3 Å². The van der Waals surface area contributed by atoms with Crippen molar-refractivity contribution in [2.45, 2.75) is 32.9 Å². The SMILES string of the molecule is CC(=O)NC(Cc1c[nH]c2ccccc12)C(=O)OCc1csc(-c2ccc(C)cc2)n1. The number of carbonyl (C=O) groups excluding carboxylic acids is 2. The van der Waals surface area contributed by atoms with E-state index >= 15 is 0 Å². The van der Waals surface area contributed by atoms with Gasteiger partial charge in [0, 0.05) is 41.4 Å². The molecule has 7 heteroatoms. The topological polar surface area (TPSA) is 84.1 Å². The fourth-order valence-electron chi connectivity index (χ4n) is 3.41. The van der Waals surface area contributed by atoms with Gasteiger partial charge in [0.05, 0.1) is 5.69 Å².